The van der Waals surface area contributed by atoms with E-state index >= 15 is 0 Å². The van der Waals surface area contributed by atoms with Gasteiger partial charge in [-0.2, -0.15) is 0 Å². The third-order valence-electron chi connectivity index (χ3n) is 5.41. The van der Waals surface area contributed by atoms with E-state index in [1.807, 2.05) is 27.7 Å². The van der Waals surface area contributed by atoms with Crippen LogP contribution in [0.3, 0.4) is 0 Å². The van der Waals surface area contributed by atoms with Gasteiger partial charge in [0, 0.05) is 16.8 Å². The second-order valence-corrected chi connectivity index (χ2v) is 7.16. The summed E-state index contributed by atoms with van der Waals surface area (Å²) < 4.78 is 0. The topological polar surface area (TPSA) is 89.3 Å². The quantitative estimate of drug-likeness (QED) is 0.468. The Kier molecular flexibility index (Phi) is 6.39. The van der Waals surface area contributed by atoms with E-state index in [0.717, 1.165) is 22.3 Å². The van der Waals surface area contributed by atoms with Gasteiger partial charge in [0.05, 0.1) is 11.1 Å². The minimum atomic E-state index is -0.470. The molecule has 2 amide bonds. The number of rotatable bonds is 3. The van der Waals surface area contributed by atoms with Gasteiger partial charge in [-0.1, -0.05) is 32.8 Å². The molecule has 28 heavy (non-hydrogen) atoms. The number of ketones is 1. The highest BCUT2D eigenvalue weighted by molar-refractivity contribution is 6.23. The molecule has 0 bridgehead atoms. The van der Waals surface area contributed by atoms with Gasteiger partial charge >= 0.3 is 0 Å². The predicted molar refractivity (Wildman–Crippen MR) is 112 cm³/mol. The number of amides is 2. The first kappa shape index (κ1) is 21.4. The van der Waals surface area contributed by atoms with Gasteiger partial charge in [0.15, 0.2) is 5.78 Å². The zero-order chi connectivity index (χ0) is 21.2. The van der Waals surface area contributed by atoms with Crippen molar-refractivity contribution in [2.45, 2.75) is 54.4 Å². The maximum Gasteiger partial charge on any atom is 0.258 e. The Labute approximate surface area is 166 Å². The molecule has 0 aromatic heterocycles. The van der Waals surface area contributed by atoms with Crippen LogP contribution in [0.2, 0.25) is 0 Å². The molecule has 0 radical (unpaired) electrons. The largest absolute Gasteiger partial charge is 0.398 e. The number of carbonyl (C=O) groups is 3. The molecule has 0 aliphatic carbocycles. The number of carbonyl (C=O) groups excluding carboxylic acids is 3. The van der Waals surface area contributed by atoms with Crippen LogP contribution >= 0.6 is 0 Å². The van der Waals surface area contributed by atoms with Crippen molar-refractivity contribution in [2.24, 2.45) is 0 Å². The van der Waals surface area contributed by atoms with Crippen molar-refractivity contribution in [3.63, 3.8) is 0 Å². The lowest BCUT2D eigenvalue weighted by Gasteiger charge is -2.17. The Balaban J connectivity index is 0.000000640. The molecule has 1 aliphatic heterocycles. The summed E-state index contributed by atoms with van der Waals surface area (Å²) in [5.74, 6) is -1.07. The molecule has 2 aromatic rings. The first-order valence-electron chi connectivity index (χ1n) is 9.55. The average Bonchev–Trinajstić information content (AvgIpc) is 2.98. The van der Waals surface area contributed by atoms with Crippen LogP contribution in [0.1, 0.15) is 85.6 Å². The van der Waals surface area contributed by atoms with E-state index in [4.69, 9.17) is 5.73 Å². The van der Waals surface area contributed by atoms with Crippen LogP contribution in [-0.2, 0) is 0 Å². The van der Waals surface area contributed by atoms with Crippen LogP contribution in [0.15, 0.2) is 18.2 Å². The van der Waals surface area contributed by atoms with Gasteiger partial charge in [-0.25, -0.2) is 0 Å². The molecule has 5 heteroatoms. The molecule has 0 fully saturated rings. The molecule has 3 rings (SSSR count). The Bertz CT molecular complexity index is 943. The number of hydrogen-bond acceptors (Lipinski definition) is 4. The summed E-state index contributed by atoms with van der Waals surface area (Å²) in [7, 11) is 0. The standard InChI is InChI=1S/C19H18N2O3.C4H10/c1-8-10(3)16(20)11(4)9(2)15(8)17(22)12-5-6-13-14(7-12)19(24)21-18(13)23;1-3-4-2/h5-7H,20H2,1-4H3,(H,21,23,24);3-4H2,1-2H3. The van der Waals surface area contributed by atoms with Crippen LogP contribution in [0.5, 0.6) is 0 Å². The molecule has 2 aromatic carbocycles. The van der Waals surface area contributed by atoms with Gasteiger partial charge in [-0.3, -0.25) is 19.7 Å². The smallest absolute Gasteiger partial charge is 0.258 e. The van der Waals surface area contributed by atoms with Gasteiger partial charge in [0.25, 0.3) is 11.8 Å². The number of fused-ring (bicyclic) bond motifs is 1. The molecule has 0 saturated heterocycles. The third kappa shape index (κ3) is 3.70. The molecule has 148 valence electrons. The van der Waals surface area contributed by atoms with Gasteiger partial charge in [0.1, 0.15) is 0 Å². The highest BCUT2D eigenvalue weighted by atomic mass is 16.2. The Morgan fingerprint density at radius 2 is 1.36 bits per heavy atom. The van der Waals surface area contributed by atoms with Crippen molar-refractivity contribution in [3.8, 4) is 0 Å². The van der Waals surface area contributed by atoms with Crippen molar-refractivity contribution >= 4 is 23.3 Å². The highest BCUT2D eigenvalue weighted by Gasteiger charge is 2.28. The lowest BCUT2D eigenvalue weighted by molar-refractivity contribution is 0.0879. The van der Waals surface area contributed by atoms with E-state index in [9.17, 15) is 14.4 Å². The summed E-state index contributed by atoms with van der Waals surface area (Å²) in [5, 5.41) is 2.23. The maximum atomic E-state index is 13.0. The molecular weight excluding hydrogens is 352 g/mol. The van der Waals surface area contributed by atoms with E-state index in [0.29, 0.717) is 22.4 Å². The molecule has 5 nitrogen and oxygen atoms in total. The van der Waals surface area contributed by atoms with Gasteiger partial charge < -0.3 is 5.73 Å². The number of hydrogen-bond donors (Lipinski definition) is 2. The molecule has 0 unspecified atom stereocenters. The number of nitrogens with one attached hydrogen (secondary N) is 1. The summed E-state index contributed by atoms with van der Waals surface area (Å²) in [6.45, 7) is 11.9. The second kappa shape index (κ2) is 8.38. The molecule has 0 spiro atoms. The SMILES string of the molecule is CCCC.Cc1c(C)c(C(=O)c2ccc3c(c2)C(=O)NC3=O)c(C)c(C)c1N. The number of unbranched alkanes of at least 4 members (excludes halogenated alkanes) is 1. The summed E-state index contributed by atoms with van der Waals surface area (Å²) >= 11 is 0. The molecule has 3 N–H and O–H groups in total. The van der Waals surface area contributed by atoms with E-state index in [1.165, 1.54) is 25.0 Å². The van der Waals surface area contributed by atoms with Crippen molar-refractivity contribution in [1.82, 2.24) is 5.32 Å². The zero-order valence-corrected chi connectivity index (χ0v) is 17.4. The van der Waals surface area contributed by atoms with Crippen molar-refractivity contribution in [2.75, 3.05) is 5.73 Å². The normalized spacial score (nSPS) is 12.2. The third-order valence-corrected chi connectivity index (χ3v) is 5.41. The minimum absolute atomic E-state index is 0.175. The zero-order valence-electron chi connectivity index (χ0n) is 17.4. The fourth-order valence-corrected chi connectivity index (χ4v) is 3.14. The maximum absolute atomic E-state index is 13.0. The Morgan fingerprint density at radius 3 is 1.86 bits per heavy atom. The van der Waals surface area contributed by atoms with Crippen LogP contribution in [0.4, 0.5) is 5.69 Å². The average molecular weight is 380 g/mol. The van der Waals surface area contributed by atoms with Crippen molar-refractivity contribution in [1.29, 1.82) is 0 Å². The number of imide groups is 1. The van der Waals surface area contributed by atoms with Gasteiger partial charge in [-0.15, -0.1) is 0 Å². The van der Waals surface area contributed by atoms with Gasteiger partial charge in [0.2, 0.25) is 0 Å². The summed E-state index contributed by atoms with van der Waals surface area (Å²) in [6, 6.07) is 4.58. The number of benzene rings is 2. The Hall–Kier alpha value is -2.95. The fourth-order valence-electron chi connectivity index (χ4n) is 3.14. The molecule has 1 aliphatic rings. The van der Waals surface area contributed by atoms with E-state index in [-0.39, 0.29) is 11.3 Å². The molecular formula is C23H28N2O3. The summed E-state index contributed by atoms with van der Waals surface area (Å²) in [5.41, 5.74) is 11.8. The fraction of sp³-hybridized carbons (Fsp3) is 0.348. The van der Waals surface area contributed by atoms with E-state index in [1.54, 1.807) is 6.07 Å². The van der Waals surface area contributed by atoms with Gasteiger partial charge in [-0.05, 0) is 62.1 Å². The van der Waals surface area contributed by atoms with Crippen molar-refractivity contribution < 1.29 is 14.4 Å². The number of anilines is 1. The summed E-state index contributed by atoms with van der Waals surface area (Å²) in [6.07, 6.45) is 2.64. The molecule has 0 atom stereocenters. The minimum Gasteiger partial charge on any atom is -0.398 e. The number of nitrogen functional groups attached to an aromatic ring is 1. The van der Waals surface area contributed by atoms with Crippen LogP contribution < -0.4 is 11.1 Å². The van der Waals surface area contributed by atoms with E-state index in [2.05, 4.69) is 19.2 Å². The van der Waals surface area contributed by atoms with Crippen molar-refractivity contribution in [3.05, 3.63) is 62.7 Å². The lowest BCUT2D eigenvalue weighted by Crippen LogP contribution is -2.19. The first-order valence-corrected chi connectivity index (χ1v) is 9.55. The molecule has 1 heterocycles. The van der Waals surface area contributed by atoms with Crippen LogP contribution in [-0.4, -0.2) is 17.6 Å². The predicted octanol–water partition coefficient (Wildman–Crippen LogP) is 4.42. The van der Waals surface area contributed by atoms with Crippen LogP contribution in [0.25, 0.3) is 0 Å². The highest BCUT2D eigenvalue weighted by Crippen LogP contribution is 2.30. The number of nitrogens with two attached hydrogens (primary N) is 1. The first-order chi connectivity index (χ1) is 13.1. The van der Waals surface area contributed by atoms with E-state index < -0.39 is 11.8 Å². The molecule has 0 saturated carbocycles. The second-order valence-electron chi connectivity index (χ2n) is 7.16. The Morgan fingerprint density at radius 1 is 0.857 bits per heavy atom. The van der Waals surface area contributed by atoms with Crippen LogP contribution in [0, 0.1) is 27.7 Å². The lowest BCUT2D eigenvalue weighted by atomic mass is 9.87. The summed E-state index contributed by atoms with van der Waals surface area (Å²) in [4.78, 5) is 36.5. The monoisotopic (exact) mass is 380 g/mol.